The molecular weight excluding hydrogens is 209 g/mol. The molecule has 0 saturated carbocycles. The van der Waals surface area contributed by atoms with Crippen LogP contribution in [0.25, 0.3) is 0 Å². The monoisotopic (exact) mass is 231 g/mol. The summed E-state index contributed by atoms with van der Waals surface area (Å²) in [6, 6.07) is 0. The van der Waals surface area contributed by atoms with E-state index in [-0.39, 0.29) is 11.1 Å². The second kappa shape index (κ2) is 3.07. The number of hydrogen-bond acceptors (Lipinski definition) is 1. The fraction of sp³-hybridized carbons (Fsp3) is 1.00. The average molecular weight is 231 g/mol. The fourth-order valence-corrected chi connectivity index (χ4v) is 5.65. The molecule has 0 aromatic heterocycles. The van der Waals surface area contributed by atoms with Crippen LogP contribution in [0.15, 0.2) is 0 Å². The molecule has 2 saturated heterocycles. The molecule has 0 aromatic rings. The Bertz CT molecular complexity index is 301. The fourth-order valence-electron chi connectivity index (χ4n) is 2.09. The normalized spacial score (nSPS) is 39.5. The Morgan fingerprint density at radius 2 is 1.47 bits per heavy atom. The maximum Gasteiger partial charge on any atom is 0.285 e. The van der Waals surface area contributed by atoms with Gasteiger partial charge in [0.1, 0.15) is 0 Å². The molecule has 4 nitrogen and oxygen atoms in total. The smallest absolute Gasteiger partial charge is 0.270 e. The van der Waals surface area contributed by atoms with Gasteiger partial charge in [-0.1, -0.05) is 6.92 Å². The lowest BCUT2D eigenvalue weighted by Crippen LogP contribution is -2.26. The van der Waals surface area contributed by atoms with Gasteiger partial charge in [-0.25, -0.2) is 14.4 Å². The molecule has 0 aliphatic carbocycles. The molecule has 0 amide bonds. The highest BCUT2D eigenvalue weighted by atomic mass is 31.2. The van der Waals surface area contributed by atoms with Crippen molar-refractivity contribution in [3.8, 4) is 0 Å². The van der Waals surface area contributed by atoms with Crippen molar-refractivity contribution in [1.29, 1.82) is 0 Å². The van der Waals surface area contributed by atoms with Crippen LogP contribution in [0.2, 0.25) is 0 Å². The van der Waals surface area contributed by atoms with Crippen molar-refractivity contribution < 1.29 is 4.57 Å². The topological polar surface area (TPSA) is 35.1 Å². The van der Waals surface area contributed by atoms with Gasteiger partial charge in [-0.3, -0.25) is 4.57 Å². The first-order valence-corrected chi connectivity index (χ1v) is 7.27. The van der Waals surface area contributed by atoms with Gasteiger partial charge in [0.25, 0.3) is 7.59 Å². The molecule has 0 radical (unpaired) electrons. The molecule has 2 heterocycles. The molecule has 2 aliphatic rings. The van der Waals surface area contributed by atoms with Gasteiger partial charge < -0.3 is 0 Å². The van der Waals surface area contributed by atoms with Crippen LogP contribution in [0.3, 0.4) is 0 Å². The Morgan fingerprint density at radius 1 is 1.13 bits per heavy atom. The first kappa shape index (κ1) is 11.6. The summed E-state index contributed by atoms with van der Waals surface area (Å²) in [6.45, 7) is 13.2. The molecule has 5 heteroatoms. The first-order chi connectivity index (χ1) is 6.74. The van der Waals surface area contributed by atoms with Gasteiger partial charge in [0.2, 0.25) is 0 Å². The maximum atomic E-state index is 12.9. The van der Waals surface area contributed by atoms with Crippen LogP contribution in [0.4, 0.5) is 0 Å². The molecule has 0 aromatic carbocycles. The standard InChI is InChI=1S/C10H22N3OP/c1-6-11-15(14,12-7-9(12,2)3)13-8-10(13,4)5/h6-8H2,1-5H3,(H,11,14). The SMILES string of the molecule is CCNP(=O)(N1CC1(C)C)N1CC1(C)C. The van der Waals surface area contributed by atoms with E-state index < -0.39 is 7.59 Å². The van der Waals surface area contributed by atoms with Crippen LogP contribution in [0.5, 0.6) is 0 Å². The third-order valence-electron chi connectivity index (χ3n) is 3.28. The van der Waals surface area contributed by atoms with Crippen molar-refractivity contribution in [2.75, 3.05) is 19.6 Å². The zero-order chi connectivity index (χ0) is 11.5. The summed E-state index contributed by atoms with van der Waals surface area (Å²) >= 11 is 0. The minimum absolute atomic E-state index is 0.108. The number of rotatable bonds is 4. The summed E-state index contributed by atoms with van der Waals surface area (Å²) in [4.78, 5) is 0. The Balaban J connectivity index is 2.17. The molecule has 2 unspecified atom stereocenters. The molecule has 88 valence electrons. The van der Waals surface area contributed by atoms with E-state index in [1.54, 1.807) is 0 Å². The molecule has 15 heavy (non-hydrogen) atoms. The zero-order valence-electron chi connectivity index (χ0n) is 10.4. The Labute approximate surface area is 92.5 Å². The van der Waals surface area contributed by atoms with E-state index in [2.05, 4.69) is 42.1 Å². The van der Waals surface area contributed by atoms with E-state index in [1.807, 2.05) is 6.92 Å². The van der Waals surface area contributed by atoms with Gasteiger partial charge in [0, 0.05) is 30.7 Å². The van der Waals surface area contributed by atoms with Gasteiger partial charge in [0.15, 0.2) is 0 Å². The minimum atomic E-state index is -2.47. The first-order valence-electron chi connectivity index (χ1n) is 5.65. The molecule has 0 spiro atoms. The lowest BCUT2D eigenvalue weighted by atomic mass is 10.2. The van der Waals surface area contributed by atoms with Crippen LogP contribution < -0.4 is 5.09 Å². The summed E-state index contributed by atoms with van der Waals surface area (Å²) < 4.78 is 17.1. The zero-order valence-corrected chi connectivity index (χ0v) is 11.3. The van der Waals surface area contributed by atoms with E-state index in [4.69, 9.17) is 0 Å². The molecule has 0 bridgehead atoms. The second-order valence-electron chi connectivity index (χ2n) is 5.80. The van der Waals surface area contributed by atoms with Crippen LogP contribution in [-0.2, 0) is 4.57 Å². The molecular formula is C10H22N3OP. The van der Waals surface area contributed by atoms with Crippen molar-refractivity contribution in [2.24, 2.45) is 0 Å². The Morgan fingerprint density at radius 3 is 1.67 bits per heavy atom. The van der Waals surface area contributed by atoms with Crippen molar-refractivity contribution in [2.45, 2.75) is 45.7 Å². The van der Waals surface area contributed by atoms with Crippen LogP contribution >= 0.6 is 7.59 Å². The third kappa shape index (κ3) is 1.78. The van der Waals surface area contributed by atoms with Gasteiger partial charge >= 0.3 is 0 Å². The van der Waals surface area contributed by atoms with Crippen LogP contribution in [-0.4, -0.2) is 40.1 Å². The summed E-state index contributed by atoms with van der Waals surface area (Å²) in [5.74, 6) is 0. The largest absolute Gasteiger partial charge is 0.285 e. The molecule has 2 atom stereocenters. The highest BCUT2D eigenvalue weighted by molar-refractivity contribution is 7.57. The highest BCUT2D eigenvalue weighted by Crippen LogP contribution is 2.66. The van der Waals surface area contributed by atoms with Crippen molar-refractivity contribution in [1.82, 2.24) is 14.4 Å². The van der Waals surface area contributed by atoms with Crippen LogP contribution in [0, 0.1) is 0 Å². The lowest BCUT2D eigenvalue weighted by Gasteiger charge is -2.25. The second-order valence-corrected chi connectivity index (χ2v) is 8.17. The van der Waals surface area contributed by atoms with Gasteiger partial charge in [0.05, 0.1) is 0 Å². The third-order valence-corrected chi connectivity index (χ3v) is 6.69. The summed E-state index contributed by atoms with van der Waals surface area (Å²) in [6.07, 6.45) is 0. The number of hydrogen-bond donors (Lipinski definition) is 1. The quantitative estimate of drug-likeness (QED) is 0.592. The van der Waals surface area contributed by atoms with Gasteiger partial charge in [-0.05, 0) is 27.7 Å². The van der Waals surface area contributed by atoms with Crippen LogP contribution in [0.1, 0.15) is 34.6 Å². The Kier molecular flexibility index (Phi) is 2.37. The Hall–Kier alpha value is 0.110. The number of nitrogens with zero attached hydrogens (tertiary/aromatic N) is 2. The molecule has 2 aliphatic heterocycles. The highest BCUT2D eigenvalue weighted by Gasteiger charge is 2.63. The number of nitrogens with one attached hydrogen (secondary N) is 1. The molecule has 2 rings (SSSR count). The maximum absolute atomic E-state index is 12.9. The average Bonchev–Trinajstić information content (AvgIpc) is 2.89. The summed E-state index contributed by atoms with van der Waals surface area (Å²) in [5, 5.41) is 3.20. The molecule has 2 fully saturated rings. The van der Waals surface area contributed by atoms with Crippen molar-refractivity contribution in [3.63, 3.8) is 0 Å². The van der Waals surface area contributed by atoms with E-state index in [0.717, 1.165) is 19.6 Å². The predicted molar refractivity (Wildman–Crippen MR) is 62.9 cm³/mol. The van der Waals surface area contributed by atoms with Gasteiger partial charge in [-0.15, -0.1) is 0 Å². The lowest BCUT2D eigenvalue weighted by molar-refractivity contribution is 0.457. The van der Waals surface area contributed by atoms with E-state index in [1.165, 1.54) is 0 Å². The minimum Gasteiger partial charge on any atom is -0.270 e. The van der Waals surface area contributed by atoms with E-state index in [0.29, 0.717) is 0 Å². The summed E-state index contributed by atoms with van der Waals surface area (Å²) in [5.41, 5.74) is 0.215. The van der Waals surface area contributed by atoms with Crippen molar-refractivity contribution in [3.05, 3.63) is 0 Å². The van der Waals surface area contributed by atoms with Crippen molar-refractivity contribution >= 4 is 7.59 Å². The van der Waals surface area contributed by atoms with Gasteiger partial charge in [-0.2, -0.15) is 0 Å². The van der Waals surface area contributed by atoms with E-state index >= 15 is 0 Å². The predicted octanol–water partition coefficient (Wildman–Crippen LogP) is 1.89. The molecule has 1 N–H and O–H groups in total. The van der Waals surface area contributed by atoms with E-state index in [9.17, 15) is 4.57 Å². The summed E-state index contributed by atoms with van der Waals surface area (Å²) in [7, 11) is -2.47.